The van der Waals surface area contributed by atoms with Gasteiger partial charge in [0.2, 0.25) is 11.8 Å². The Bertz CT molecular complexity index is 1010. The summed E-state index contributed by atoms with van der Waals surface area (Å²) in [6.45, 7) is 5.21. The van der Waals surface area contributed by atoms with Crippen LogP contribution in [-0.2, 0) is 16.1 Å². The number of para-hydroxylation sites is 1. The summed E-state index contributed by atoms with van der Waals surface area (Å²) in [4.78, 5) is 45.0. The van der Waals surface area contributed by atoms with E-state index in [2.05, 4.69) is 0 Å². The molecule has 1 saturated heterocycles. The second kappa shape index (κ2) is 8.04. The Morgan fingerprint density at radius 3 is 2.70 bits per heavy atom. The van der Waals surface area contributed by atoms with Crippen LogP contribution < -0.4 is 4.90 Å². The van der Waals surface area contributed by atoms with Crippen LogP contribution in [0.5, 0.6) is 0 Å². The lowest BCUT2D eigenvalue weighted by Gasteiger charge is -2.48. The normalized spacial score (nSPS) is 20.4. The van der Waals surface area contributed by atoms with Crippen LogP contribution in [0.2, 0.25) is 4.34 Å². The van der Waals surface area contributed by atoms with Crippen molar-refractivity contribution in [2.24, 2.45) is 0 Å². The Balaban J connectivity index is 1.53. The Labute approximate surface area is 185 Å². The molecule has 0 spiro atoms. The summed E-state index contributed by atoms with van der Waals surface area (Å²) in [7, 11) is 0. The van der Waals surface area contributed by atoms with Gasteiger partial charge >= 0.3 is 0 Å². The van der Waals surface area contributed by atoms with Gasteiger partial charge in [-0.1, -0.05) is 23.7 Å². The van der Waals surface area contributed by atoms with Crippen molar-refractivity contribution in [1.82, 2.24) is 9.80 Å². The van der Waals surface area contributed by atoms with Gasteiger partial charge in [0.15, 0.2) is 0 Å². The number of thiophene rings is 1. The fraction of sp³-hybridized carbons (Fsp3) is 0.409. The van der Waals surface area contributed by atoms with E-state index >= 15 is 0 Å². The van der Waals surface area contributed by atoms with Gasteiger partial charge in [-0.3, -0.25) is 19.3 Å². The molecule has 30 heavy (non-hydrogen) atoms. The van der Waals surface area contributed by atoms with Gasteiger partial charge in [-0.05, 0) is 44.5 Å². The number of carbonyl (C=O) groups excluding carboxylic acids is 3. The van der Waals surface area contributed by atoms with Gasteiger partial charge in [0.1, 0.15) is 5.66 Å². The second-order valence-corrected chi connectivity index (χ2v) is 9.58. The van der Waals surface area contributed by atoms with Crippen molar-refractivity contribution in [3.63, 3.8) is 0 Å². The van der Waals surface area contributed by atoms with Crippen LogP contribution in [0.4, 0.5) is 5.69 Å². The number of fused-ring (bicyclic) bond motifs is 3. The van der Waals surface area contributed by atoms with Crippen molar-refractivity contribution in [3.05, 3.63) is 51.2 Å². The molecule has 4 rings (SSSR count). The van der Waals surface area contributed by atoms with Crippen molar-refractivity contribution >= 4 is 46.3 Å². The van der Waals surface area contributed by atoms with Crippen molar-refractivity contribution in [2.45, 2.75) is 45.3 Å². The van der Waals surface area contributed by atoms with E-state index in [0.29, 0.717) is 41.5 Å². The average Bonchev–Trinajstić information content (AvgIpc) is 3.28. The molecular formula is C22H24ClN3O3S. The number of benzene rings is 1. The molecule has 6 nitrogen and oxygen atoms in total. The lowest BCUT2D eigenvalue weighted by atomic mass is 9.98. The van der Waals surface area contributed by atoms with E-state index in [1.54, 1.807) is 26.8 Å². The van der Waals surface area contributed by atoms with Crippen LogP contribution >= 0.6 is 22.9 Å². The first-order valence-electron chi connectivity index (χ1n) is 10.1. The average molecular weight is 446 g/mol. The minimum atomic E-state index is -0.735. The van der Waals surface area contributed by atoms with Crippen LogP contribution in [0.25, 0.3) is 0 Å². The van der Waals surface area contributed by atoms with Gasteiger partial charge in [0.25, 0.3) is 5.91 Å². The van der Waals surface area contributed by atoms with Crippen LogP contribution in [0, 0.1) is 0 Å². The molecule has 1 aromatic carbocycles. The monoisotopic (exact) mass is 445 g/mol. The largest absolute Gasteiger partial charge is 0.338 e. The predicted molar refractivity (Wildman–Crippen MR) is 118 cm³/mol. The van der Waals surface area contributed by atoms with Gasteiger partial charge in [-0.2, -0.15) is 0 Å². The molecule has 2 aliphatic rings. The molecule has 0 saturated carbocycles. The zero-order valence-corrected chi connectivity index (χ0v) is 18.6. The summed E-state index contributed by atoms with van der Waals surface area (Å²) in [5, 5.41) is 0. The number of hydrogen-bond donors (Lipinski definition) is 0. The van der Waals surface area contributed by atoms with E-state index in [1.807, 2.05) is 38.1 Å². The summed E-state index contributed by atoms with van der Waals surface area (Å²) in [5.41, 5.74) is 0.444. The summed E-state index contributed by atoms with van der Waals surface area (Å²) in [6, 6.07) is 11.0. The highest BCUT2D eigenvalue weighted by molar-refractivity contribution is 7.16. The molecule has 3 heterocycles. The van der Waals surface area contributed by atoms with Crippen molar-refractivity contribution in [3.8, 4) is 0 Å². The maximum Gasteiger partial charge on any atom is 0.257 e. The quantitative estimate of drug-likeness (QED) is 0.671. The van der Waals surface area contributed by atoms with Gasteiger partial charge in [0, 0.05) is 30.8 Å². The molecule has 158 valence electrons. The zero-order valence-electron chi connectivity index (χ0n) is 17.1. The minimum Gasteiger partial charge on any atom is -0.338 e. The Kier molecular flexibility index (Phi) is 5.59. The minimum absolute atomic E-state index is 0.0125. The highest BCUT2D eigenvalue weighted by Crippen LogP contribution is 2.44. The van der Waals surface area contributed by atoms with E-state index < -0.39 is 5.66 Å². The smallest absolute Gasteiger partial charge is 0.257 e. The van der Waals surface area contributed by atoms with Gasteiger partial charge in [0.05, 0.1) is 22.1 Å². The molecule has 0 aliphatic carbocycles. The third-order valence-corrected chi connectivity index (χ3v) is 7.22. The number of anilines is 1. The number of amides is 3. The van der Waals surface area contributed by atoms with Gasteiger partial charge in [-0.15, -0.1) is 11.3 Å². The number of nitrogens with zero attached hydrogens (tertiary/aromatic N) is 3. The predicted octanol–water partition coefficient (Wildman–Crippen LogP) is 4.14. The molecular weight excluding hydrogens is 422 g/mol. The molecule has 1 aromatic heterocycles. The first kappa shape index (κ1) is 20.9. The topological polar surface area (TPSA) is 60.9 Å². The fourth-order valence-electron chi connectivity index (χ4n) is 4.41. The van der Waals surface area contributed by atoms with Crippen LogP contribution in [0.15, 0.2) is 36.4 Å². The standard InChI is InChI=1S/C22H24ClN3O3S/c1-3-24(14-15-8-9-18(23)30-15)19(27)11-13-25-21(29)16-6-4-5-7-17(16)26-20(28)10-12-22(25,26)2/h4-9H,3,10-14H2,1-2H3. The van der Waals surface area contributed by atoms with E-state index in [9.17, 15) is 14.4 Å². The molecule has 1 unspecified atom stereocenters. The Hall–Kier alpha value is -2.38. The lowest BCUT2D eigenvalue weighted by Crippen LogP contribution is -2.62. The first-order chi connectivity index (χ1) is 14.3. The summed E-state index contributed by atoms with van der Waals surface area (Å²) in [5.74, 6) is -0.133. The summed E-state index contributed by atoms with van der Waals surface area (Å²) in [6.07, 6.45) is 1.16. The second-order valence-electron chi connectivity index (χ2n) is 7.78. The summed E-state index contributed by atoms with van der Waals surface area (Å²) >= 11 is 7.47. The highest BCUT2D eigenvalue weighted by atomic mass is 35.5. The maximum atomic E-state index is 13.3. The highest BCUT2D eigenvalue weighted by Gasteiger charge is 2.52. The third kappa shape index (κ3) is 3.50. The third-order valence-electron chi connectivity index (χ3n) is 6.00. The Morgan fingerprint density at radius 1 is 1.23 bits per heavy atom. The van der Waals surface area contributed by atoms with Crippen molar-refractivity contribution in [2.75, 3.05) is 18.0 Å². The van der Waals surface area contributed by atoms with E-state index in [4.69, 9.17) is 11.6 Å². The van der Waals surface area contributed by atoms with Gasteiger partial charge < -0.3 is 9.80 Å². The maximum absolute atomic E-state index is 13.3. The molecule has 2 aliphatic heterocycles. The van der Waals surface area contributed by atoms with Crippen molar-refractivity contribution < 1.29 is 14.4 Å². The molecule has 0 radical (unpaired) electrons. The lowest BCUT2D eigenvalue weighted by molar-refractivity contribution is -0.132. The molecule has 0 N–H and O–H groups in total. The number of rotatable bonds is 6. The van der Waals surface area contributed by atoms with E-state index in [0.717, 1.165) is 4.88 Å². The molecule has 8 heteroatoms. The van der Waals surface area contributed by atoms with Gasteiger partial charge in [-0.25, -0.2) is 0 Å². The van der Waals surface area contributed by atoms with E-state index in [1.165, 1.54) is 11.3 Å². The number of halogens is 1. The zero-order chi connectivity index (χ0) is 21.5. The fourth-order valence-corrected chi connectivity index (χ4v) is 5.51. The molecule has 3 amide bonds. The molecule has 1 atom stereocenters. The van der Waals surface area contributed by atoms with Crippen LogP contribution in [-0.4, -0.2) is 46.3 Å². The van der Waals surface area contributed by atoms with E-state index in [-0.39, 0.29) is 30.7 Å². The van der Waals surface area contributed by atoms with Crippen molar-refractivity contribution in [1.29, 1.82) is 0 Å². The SMILES string of the molecule is CCN(Cc1ccc(Cl)s1)C(=O)CCN1C(=O)c2ccccc2N2C(=O)CCC12C. The van der Waals surface area contributed by atoms with Crippen LogP contribution in [0.3, 0.4) is 0 Å². The number of hydrogen-bond acceptors (Lipinski definition) is 4. The summed E-state index contributed by atoms with van der Waals surface area (Å²) < 4.78 is 0.699. The molecule has 1 fully saturated rings. The Morgan fingerprint density at radius 2 is 2.00 bits per heavy atom. The number of carbonyl (C=O) groups is 3. The molecule has 2 aromatic rings. The molecule has 0 bridgehead atoms. The first-order valence-corrected chi connectivity index (χ1v) is 11.3. The van der Waals surface area contributed by atoms with Crippen LogP contribution in [0.1, 0.15) is 48.3 Å².